The van der Waals surface area contributed by atoms with Crippen LogP contribution in [0.25, 0.3) is 0 Å². The Bertz CT molecular complexity index is 64.7. The summed E-state index contributed by atoms with van der Waals surface area (Å²) >= 11 is 8.52. The van der Waals surface area contributed by atoms with Gasteiger partial charge < -0.3 is 4.79 Å². The normalized spacial score (nSPS) is 18.1. The predicted molar refractivity (Wildman–Crippen MR) is 34.1 cm³/mol. The van der Waals surface area contributed by atoms with Crippen LogP contribution >= 0.6 is 27.5 Å². The summed E-state index contributed by atoms with van der Waals surface area (Å²) in [6, 6.07) is 0. The average molecular weight is 185 g/mol. The van der Waals surface area contributed by atoms with Crippen molar-refractivity contribution in [2.24, 2.45) is 0 Å². The third kappa shape index (κ3) is 3.06. The Labute approximate surface area is 56.2 Å². The van der Waals surface area contributed by atoms with Crippen molar-refractivity contribution in [2.75, 3.05) is 0 Å². The van der Waals surface area contributed by atoms with Crippen LogP contribution in [0.4, 0.5) is 0 Å². The van der Waals surface area contributed by atoms with Gasteiger partial charge in [-0.3, -0.25) is 0 Å². The van der Waals surface area contributed by atoms with Crippen LogP contribution in [0.15, 0.2) is 0 Å². The second kappa shape index (κ2) is 3.44. The molecular formula is C4H6BrClO. The number of hydrogen-bond acceptors (Lipinski definition) is 1. The minimum absolute atomic E-state index is 0.0756. The fraction of sp³-hybridized carbons (Fsp3) is 0.750. The topological polar surface area (TPSA) is 17.1 Å². The Morgan fingerprint density at radius 3 is 2.29 bits per heavy atom. The van der Waals surface area contributed by atoms with Gasteiger partial charge in [-0.2, -0.15) is 0 Å². The van der Waals surface area contributed by atoms with E-state index in [4.69, 9.17) is 11.6 Å². The van der Waals surface area contributed by atoms with Gasteiger partial charge in [0, 0.05) is 4.83 Å². The van der Waals surface area contributed by atoms with Crippen LogP contribution in [0.1, 0.15) is 6.92 Å². The minimum Gasteiger partial charge on any atom is -0.302 e. The maximum absolute atomic E-state index is 9.78. The molecule has 0 aromatic rings. The number of carbonyl (C=O) groups is 1. The van der Waals surface area contributed by atoms with Gasteiger partial charge in [0.1, 0.15) is 11.7 Å². The van der Waals surface area contributed by atoms with E-state index in [0.717, 1.165) is 0 Å². The average Bonchev–Trinajstić information content (AvgIpc) is 1.65. The van der Waals surface area contributed by atoms with E-state index in [1.54, 1.807) is 0 Å². The van der Waals surface area contributed by atoms with Crippen molar-refractivity contribution < 1.29 is 4.79 Å². The lowest BCUT2D eigenvalue weighted by Gasteiger charge is -1.99. The van der Waals surface area contributed by atoms with Crippen LogP contribution in [-0.4, -0.2) is 16.5 Å². The third-order valence-electron chi connectivity index (χ3n) is 0.569. The molecule has 0 aliphatic rings. The van der Waals surface area contributed by atoms with Crippen molar-refractivity contribution >= 4 is 33.8 Å². The van der Waals surface area contributed by atoms with Crippen LogP contribution < -0.4 is 0 Å². The Balaban J connectivity index is 3.33. The van der Waals surface area contributed by atoms with Gasteiger partial charge >= 0.3 is 0 Å². The molecule has 3 heteroatoms. The van der Waals surface area contributed by atoms with E-state index >= 15 is 0 Å². The zero-order valence-corrected chi connectivity index (χ0v) is 6.24. The molecule has 0 aliphatic heterocycles. The molecule has 0 fully saturated rings. The molecule has 0 rings (SSSR count). The fourth-order valence-corrected chi connectivity index (χ4v) is 0.233. The van der Waals surface area contributed by atoms with E-state index in [0.29, 0.717) is 6.29 Å². The van der Waals surface area contributed by atoms with E-state index in [9.17, 15) is 4.79 Å². The lowest BCUT2D eigenvalue weighted by molar-refractivity contribution is -0.107. The summed E-state index contributed by atoms with van der Waals surface area (Å²) in [5.41, 5.74) is 0. The summed E-state index contributed by atoms with van der Waals surface area (Å²) in [5.74, 6) is 0. The molecule has 1 nitrogen and oxygen atoms in total. The van der Waals surface area contributed by atoms with Crippen molar-refractivity contribution in [1.82, 2.24) is 0 Å². The highest BCUT2D eigenvalue weighted by Gasteiger charge is 2.07. The molecule has 0 saturated carbocycles. The maximum Gasteiger partial charge on any atom is 0.138 e. The quantitative estimate of drug-likeness (QED) is 0.471. The Hall–Kier alpha value is 0.440. The van der Waals surface area contributed by atoms with E-state index in [1.807, 2.05) is 6.92 Å². The number of halogens is 2. The summed E-state index contributed by atoms with van der Waals surface area (Å²) < 4.78 is 0. The van der Waals surface area contributed by atoms with Gasteiger partial charge in [0.25, 0.3) is 0 Å². The van der Waals surface area contributed by atoms with Crippen LogP contribution in [0, 0.1) is 0 Å². The molecule has 0 aliphatic carbocycles. The van der Waals surface area contributed by atoms with Gasteiger partial charge in [-0.1, -0.05) is 22.9 Å². The van der Waals surface area contributed by atoms with Gasteiger partial charge in [0.05, 0.1) is 0 Å². The lowest BCUT2D eigenvalue weighted by atomic mass is 10.4. The molecule has 0 amide bonds. The van der Waals surface area contributed by atoms with Crippen LogP contribution in [0.2, 0.25) is 0 Å². The SMILES string of the molecule is CC(Br)C(Cl)C=O. The monoisotopic (exact) mass is 184 g/mol. The molecular weight excluding hydrogens is 179 g/mol. The molecule has 0 aromatic heterocycles. The van der Waals surface area contributed by atoms with Crippen LogP contribution in [0.5, 0.6) is 0 Å². The highest BCUT2D eigenvalue weighted by molar-refractivity contribution is 9.09. The molecule has 0 N–H and O–H groups in total. The standard InChI is InChI=1S/C4H6BrClO/c1-3(5)4(6)2-7/h2-4H,1H3. The fourth-order valence-electron chi connectivity index (χ4n) is 0.108. The molecule has 0 aromatic carbocycles. The van der Waals surface area contributed by atoms with Crippen molar-refractivity contribution in [3.8, 4) is 0 Å². The molecule has 42 valence electrons. The molecule has 0 saturated heterocycles. The van der Waals surface area contributed by atoms with Crippen molar-refractivity contribution in [3.05, 3.63) is 0 Å². The molecule has 2 atom stereocenters. The summed E-state index contributed by atoms with van der Waals surface area (Å²) in [6.07, 6.45) is 0.709. The number of aldehydes is 1. The molecule has 0 radical (unpaired) electrons. The second-order valence-corrected chi connectivity index (χ2v) is 3.21. The second-order valence-electron chi connectivity index (χ2n) is 1.26. The molecule has 2 unspecified atom stereocenters. The first-order chi connectivity index (χ1) is 3.18. The van der Waals surface area contributed by atoms with Crippen molar-refractivity contribution in [1.29, 1.82) is 0 Å². The summed E-state index contributed by atoms with van der Waals surface area (Å²) in [5, 5.41) is -0.389. The zero-order valence-electron chi connectivity index (χ0n) is 3.90. The van der Waals surface area contributed by atoms with Gasteiger partial charge in [0.15, 0.2) is 0 Å². The smallest absolute Gasteiger partial charge is 0.138 e. The van der Waals surface area contributed by atoms with Gasteiger partial charge in [-0.25, -0.2) is 0 Å². The van der Waals surface area contributed by atoms with Gasteiger partial charge in [-0.05, 0) is 0 Å². The predicted octanol–water partition coefficient (Wildman–Crippen LogP) is 1.58. The third-order valence-corrected chi connectivity index (χ3v) is 1.92. The Morgan fingerprint density at radius 1 is 1.86 bits per heavy atom. The van der Waals surface area contributed by atoms with E-state index in [2.05, 4.69) is 15.9 Å². The summed E-state index contributed by atoms with van der Waals surface area (Å²) in [6.45, 7) is 1.83. The zero-order chi connectivity index (χ0) is 5.86. The molecule has 7 heavy (non-hydrogen) atoms. The van der Waals surface area contributed by atoms with E-state index in [-0.39, 0.29) is 10.2 Å². The highest BCUT2D eigenvalue weighted by Crippen LogP contribution is 2.07. The van der Waals surface area contributed by atoms with Crippen molar-refractivity contribution in [2.45, 2.75) is 17.1 Å². The largest absolute Gasteiger partial charge is 0.302 e. The van der Waals surface area contributed by atoms with Gasteiger partial charge in [-0.15, -0.1) is 11.6 Å². The van der Waals surface area contributed by atoms with Crippen LogP contribution in [-0.2, 0) is 4.79 Å². The number of rotatable bonds is 2. The summed E-state index contributed by atoms with van der Waals surface area (Å²) in [7, 11) is 0. The van der Waals surface area contributed by atoms with Gasteiger partial charge in [0.2, 0.25) is 0 Å². The first-order valence-corrected chi connectivity index (χ1v) is 3.27. The maximum atomic E-state index is 9.78. The van der Waals surface area contributed by atoms with E-state index < -0.39 is 0 Å². The Morgan fingerprint density at radius 2 is 2.29 bits per heavy atom. The summed E-state index contributed by atoms with van der Waals surface area (Å²) in [4.78, 5) is 9.86. The number of carbonyl (C=O) groups excluding carboxylic acids is 1. The van der Waals surface area contributed by atoms with Crippen molar-refractivity contribution in [3.63, 3.8) is 0 Å². The van der Waals surface area contributed by atoms with Crippen LogP contribution in [0.3, 0.4) is 0 Å². The first-order valence-electron chi connectivity index (χ1n) is 1.92. The molecule has 0 heterocycles. The number of alkyl halides is 2. The Kier molecular flexibility index (Phi) is 3.66. The molecule has 0 bridgehead atoms. The van der Waals surface area contributed by atoms with E-state index in [1.165, 1.54) is 0 Å². The highest BCUT2D eigenvalue weighted by atomic mass is 79.9. The minimum atomic E-state index is -0.389. The molecule has 0 spiro atoms. The first kappa shape index (κ1) is 7.44. The lowest BCUT2D eigenvalue weighted by Crippen LogP contribution is -2.10. The number of hydrogen-bond donors (Lipinski definition) is 0.